The second kappa shape index (κ2) is 46.3. The number of aromatic amines is 1. The second-order valence-electron chi connectivity index (χ2n) is 21.7. The molecule has 1 N–H and O–H groups in total. The number of carbonyl (C=O) groups is 3. The van der Waals surface area contributed by atoms with Crippen LogP contribution in [0.4, 0.5) is 0 Å². The Kier molecular flexibility index (Phi) is 40.6. The lowest BCUT2D eigenvalue weighted by molar-refractivity contribution is -0.169. The highest BCUT2D eigenvalue weighted by molar-refractivity contribution is 7.71. The van der Waals surface area contributed by atoms with Gasteiger partial charge in [0.05, 0.1) is 12.7 Å². The molecule has 0 radical (unpaired) electrons. The number of imidazole rings is 1. The lowest BCUT2D eigenvalue weighted by Crippen LogP contribution is -2.41. The molecule has 1 saturated heterocycles. The van der Waals surface area contributed by atoms with Gasteiger partial charge in [-0.3, -0.25) is 19.0 Å². The molecule has 0 amide bonds. The first-order valence-electron chi connectivity index (χ1n) is 31.4. The van der Waals surface area contributed by atoms with E-state index in [2.05, 4.69) is 72.2 Å². The minimum absolute atomic E-state index is 0.155. The zero-order valence-electron chi connectivity index (χ0n) is 48.4. The van der Waals surface area contributed by atoms with E-state index in [4.69, 9.17) is 31.2 Å². The van der Waals surface area contributed by atoms with Gasteiger partial charge in [0, 0.05) is 19.3 Å². The van der Waals surface area contributed by atoms with Crippen LogP contribution in [0.2, 0.25) is 0 Å². The predicted molar refractivity (Wildman–Crippen MR) is 316 cm³/mol. The topological polar surface area (TPSA) is 135 Å². The van der Waals surface area contributed by atoms with Crippen LogP contribution in [-0.4, -0.2) is 62.3 Å². The highest BCUT2D eigenvalue weighted by Gasteiger charge is 2.51. The van der Waals surface area contributed by atoms with Gasteiger partial charge in [0.25, 0.3) is 0 Å². The molecular weight excluding hydrogens is 969 g/mol. The zero-order valence-corrected chi connectivity index (χ0v) is 49.3. The molecule has 0 spiro atoms. The first kappa shape index (κ1) is 66.6. The molecule has 1 aliphatic rings. The summed E-state index contributed by atoms with van der Waals surface area (Å²) in [5, 5.41) is 0. The summed E-state index contributed by atoms with van der Waals surface area (Å²) >= 11 is 5.49. The summed E-state index contributed by atoms with van der Waals surface area (Å²) in [4.78, 5) is 52.5. The summed E-state index contributed by atoms with van der Waals surface area (Å²) < 4.78 is 27.0. The van der Waals surface area contributed by atoms with Gasteiger partial charge in [-0.15, -0.1) is 0 Å². The van der Waals surface area contributed by atoms with Gasteiger partial charge in [0.15, 0.2) is 23.1 Å². The molecule has 2 aromatic rings. The SMILES string of the molecule is CCCCCCCCC=CCCCCCCCC(=O)OCC1OC(n2cnc3c(=S)nc[nH]c32)C(OC(=O)CCCCCCCC=CCCCCCCCC)C1OC(=O)CCCCCCCC=CCCCCCCCC. The monoisotopic (exact) mass is 1080 g/mol. The van der Waals surface area contributed by atoms with E-state index in [0.717, 1.165) is 103 Å². The van der Waals surface area contributed by atoms with Crippen LogP contribution < -0.4 is 0 Å². The number of hydrogen-bond acceptors (Lipinski definition) is 10. The van der Waals surface area contributed by atoms with Crippen molar-refractivity contribution < 1.29 is 33.3 Å². The molecule has 3 heterocycles. The number of nitrogens with one attached hydrogen (secondary N) is 1. The van der Waals surface area contributed by atoms with Crippen molar-refractivity contribution in [1.82, 2.24) is 19.5 Å². The third-order valence-electron chi connectivity index (χ3n) is 14.8. The van der Waals surface area contributed by atoms with Gasteiger partial charge in [-0.25, -0.2) is 9.97 Å². The van der Waals surface area contributed by atoms with Crippen LogP contribution in [0.5, 0.6) is 0 Å². The standard InChI is InChI=1S/C64H108N4O7S/c1-4-7-10-13-16-19-22-25-28-31-34-37-40-43-46-49-56(69)72-52-55-60(74-57(70)50-47-44-41-38-35-32-29-26-23-20-17-14-11-8-5-2)61(64(73-55)68-54-67-59-62(68)65-53-66-63(59)76)75-58(71)51-48-45-42-39-36-33-30-27-24-21-18-15-12-9-6-3/h25-30,53-55,60-61,64H,4-24,31-52H2,1-3H3,(H,65,66,76). The average molecular weight is 1080 g/mol. The number of hydrogen-bond donors (Lipinski definition) is 1. The number of unbranched alkanes of at least 4 members (excludes halogenated alkanes) is 33. The van der Waals surface area contributed by atoms with E-state index in [0.29, 0.717) is 35.1 Å². The molecular formula is C64H108N4O7S. The Morgan fingerprint density at radius 2 is 0.855 bits per heavy atom. The average Bonchev–Trinajstić information content (AvgIpc) is 4.02. The normalized spacial score (nSPS) is 16.8. The number of aromatic nitrogens is 4. The van der Waals surface area contributed by atoms with Gasteiger partial charge >= 0.3 is 17.9 Å². The van der Waals surface area contributed by atoms with E-state index >= 15 is 0 Å². The van der Waals surface area contributed by atoms with Gasteiger partial charge in [0.1, 0.15) is 23.9 Å². The summed E-state index contributed by atoms with van der Waals surface area (Å²) in [6.07, 6.45) is 59.5. The van der Waals surface area contributed by atoms with Gasteiger partial charge in [-0.1, -0.05) is 224 Å². The molecule has 12 heteroatoms. The van der Waals surface area contributed by atoms with Crippen LogP contribution in [-0.2, 0) is 33.3 Å². The van der Waals surface area contributed by atoms with E-state index in [1.165, 1.54) is 141 Å². The smallest absolute Gasteiger partial charge is 0.306 e. The van der Waals surface area contributed by atoms with Crippen molar-refractivity contribution in [2.75, 3.05) is 6.61 Å². The molecule has 0 saturated carbocycles. The van der Waals surface area contributed by atoms with Gasteiger partial charge in [-0.05, 0) is 96.3 Å². The molecule has 2 aromatic heterocycles. The fourth-order valence-corrected chi connectivity index (χ4v) is 10.3. The Morgan fingerprint density at radius 3 is 1.26 bits per heavy atom. The number of ether oxygens (including phenoxy) is 4. The summed E-state index contributed by atoms with van der Waals surface area (Å²) in [7, 11) is 0. The molecule has 76 heavy (non-hydrogen) atoms. The van der Waals surface area contributed by atoms with Gasteiger partial charge in [0.2, 0.25) is 0 Å². The van der Waals surface area contributed by atoms with Crippen molar-refractivity contribution >= 4 is 41.3 Å². The van der Waals surface area contributed by atoms with Crippen LogP contribution in [0, 0.1) is 4.64 Å². The summed E-state index contributed by atoms with van der Waals surface area (Å²) in [6, 6.07) is 0. The van der Waals surface area contributed by atoms with E-state index in [9.17, 15) is 14.4 Å². The largest absolute Gasteiger partial charge is 0.463 e. The van der Waals surface area contributed by atoms with Crippen LogP contribution in [0.3, 0.4) is 0 Å². The van der Waals surface area contributed by atoms with Crippen molar-refractivity contribution in [1.29, 1.82) is 0 Å². The first-order chi connectivity index (χ1) is 37.4. The summed E-state index contributed by atoms with van der Waals surface area (Å²) in [5.41, 5.74) is 0.996. The first-order valence-corrected chi connectivity index (χ1v) is 31.9. The Balaban J connectivity index is 1.55. The third kappa shape index (κ3) is 31.7. The number of H-pyrrole nitrogens is 1. The van der Waals surface area contributed by atoms with Crippen molar-refractivity contribution in [3.05, 3.63) is 53.8 Å². The maximum Gasteiger partial charge on any atom is 0.306 e. The van der Waals surface area contributed by atoms with Crippen molar-refractivity contribution in [2.24, 2.45) is 0 Å². The number of fused-ring (bicyclic) bond motifs is 1. The molecule has 3 rings (SSSR count). The Bertz CT molecular complexity index is 1910. The Labute approximate surface area is 467 Å². The molecule has 1 aliphatic heterocycles. The van der Waals surface area contributed by atoms with Crippen molar-refractivity contribution in [3.8, 4) is 0 Å². The lowest BCUT2D eigenvalue weighted by Gasteiger charge is -2.25. The van der Waals surface area contributed by atoms with Gasteiger partial charge in [-0.2, -0.15) is 0 Å². The maximum atomic E-state index is 13.7. The zero-order chi connectivity index (χ0) is 54.4. The molecule has 4 atom stereocenters. The fourth-order valence-electron chi connectivity index (χ4n) is 10.1. The summed E-state index contributed by atoms with van der Waals surface area (Å²) in [5.74, 6) is -1.12. The maximum absolute atomic E-state index is 13.7. The van der Waals surface area contributed by atoms with E-state index in [-0.39, 0.29) is 25.4 Å². The summed E-state index contributed by atoms with van der Waals surface area (Å²) in [6.45, 7) is 6.62. The van der Waals surface area contributed by atoms with Crippen molar-refractivity contribution in [3.63, 3.8) is 0 Å². The Hall–Kier alpha value is -3.64. The van der Waals surface area contributed by atoms with E-state index in [1.807, 2.05) is 0 Å². The second-order valence-corrected chi connectivity index (χ2v) is 22.1. The van der Waals surface area contributed by atoms with E-state index in [1.54, 1.807) is 10.9 Å². The van der Waals surface area contributed by atoms with Gasteiger partial charge < -0.3 is 23.9 Å². The third-order valence-corrected chi connectivity index (χ3v) is 15.1. The molecule has 1 fully saturated rings. The fraction of sp³-hybridized carbons (Fsp3) is 0.781. The van der Waals surface area contributed by atoms with Crippen LogP contribution in [0.15, 0.2) is 49.1 Å². The van der Waals surface area contributed by atoms with E-state index < -0.39 is 36.5 Å². The molecule has 4 unspecified atom stereocenters. The van der Waals surface area contributed by atoms with Crippen LogP contribution >= 0.6 is 12.2 Å². The van der Waals surface area contributed by atoms with Crippen molar-refractivity contribution in [2.45, 2.75) is 315 Å². The molecule has 0 bridgehead atoms. The number of nitrogens with zero attached hydrogens (tertiary/aromatic N) is 3. The van der Waals surface area contributed by atoms with Crippen LogP contribution in [0.1, 0.15) is 297 Å². The molecule has 0 aromatic carbocycles. The quantitative estimate of drug-likeness (QED) is 0.0224. The highest BCUT2D eigenvalue weighted by Crippen LogP contribution is 2.36. The highest BCUT2D eigenvalue weighted by atomic mass is 32.1. The number of carbonyl (C=O) groups excluding carboxylic acids is 3. The Morgan fingerprint density at radius 1 is 0.500 bits per heavy atom. The number of rotatable bonds is 50. The molecule has 11 nitrogen and oxygen atoms in total. The minimum Gasteiger partial charge on any atom is -0.463 e. The minimum atomic E-state index is -1.03. The predicted octanol–water partition coefficient (Wildman–Crippen LogP) is 18.9. The number of allylic oxidation sites excluding steroid dienone is 6. The molecule has 0 aliphatic carbocycles. The molecule has 432 valence electrons. The lowest BCUT2D eigenvalue weighted by atomic mass is 10.1. The van der Waals surface area contributed by atoms with Crippen LogP contribution in [0.25, 0.3) is 11.2 Å². The number of esters is 3.